The van der Waals surface area contributed by atoms with E-state index in [1.54, 1.807) is 11.3 Å². The van der Waals surface area contributed by atoms with Crippen molar-refractivity contribution >= 4 is 53.0 Å². The van der Waals surface area contributed by atoms with Crippen molar-refractivity contribution in [3.63, 3.8) is 0 Å². The average molecular weight is 454 g/mol. The molecular weight excluding hydrogens is 427 g/mol. The number of aliphatic imine (C=N–C) groups is 1. The molecule has 0 saturated carbocycles. The zero-order valence-electron chi connectivity index (χ0n) is 13.8. The zero-order chi connectivity index (χ0) is 15.2. The highest BCUT2D eigenvalue weighted by molar-refractivity contribution is 14.0. The van der Waals surface area contributed by atoms with Crippen LogP contribution in [0.2, 0.25) is 0 Å². The van der Waals surface area contributed by atoms with Gasteiger partial charge in [-0.15, -0.1) is 35.3 Å². The maximum atomic E-state index is 4.50. The average Bonchev–Trinajstić information content (AvgIpc) is 2.89. The number of nitrogens with zero attached hydrogens (tertiary/aromatic N) is 3. The largest absolute Gasteiger partial charge is 0.356 e. The van der Waals surface area contributed by atoms with Gasteiger partial charge in [-0.05, 0) is 12.8 Å². The number of rotatable bonds is 4. The van der Waals surface area contributed by atoms with Crippen LogP contribution in [-0.2, 0) is 6.42 Å². The summed E-state index contributed by atoms with van der Waals surface area (Å²) in [7, 11) is 1.88. The number of nitrogens with one attached hydrogen (secondary N) is 1. The van der Waals surface area contributed by atoms with Gasteiger partial charge in [-0.1, -0.05) is 13.8 Å². The quantitative estimate of drug-likeness (QED) is 0.431. The van der Waals surface area contributed by atoms with Crippen LogP contribution in [0.15, 0.2) is 10.4 Å². The first-order valence-electron chi connectivity index (χ1n) is 7.58. The molecule has 0 aromatic carbocycles. The Hall–Kier alpha value is -0.0200. The zero-order valence-corrected chi connectivity index (χ0v) is 17.8. The predicted molar refractivity (Wildman–Crippen MR) is 110 cm³/mol. The topological polar surface area (TPSA) is 40.5 Å². The van der Waals surface area contributed by atoms with E-state index in [9.17, 15) is 0 Å². The Morgan fingerprint density at radius 1 is 1.55 bits per heavy atom. The van der Waals surface area contributed by atoms with Gasteiger partial charge in [-0.2, -0.15) is 11.8 Å². The van der Waals surface area contributed by atoms with Gasteiger partial charge in [0, 0.05) is 49.5 Å². The third kappa shape index (κ3) is 5.88. The molecule has 1 aromatic heterocycles. The SMILES string of the molecule is CN=C(NCCc1csc(C)n1)N1CCSC(C(C)C)C1.I. The van der Waals surface area contributed by atoms with Gasteiger partial charge in [-0.25, -0.2) is 4.98 Å². The van der Waals surface area contributed by atoms with Gasteiger partial charge in [0.2, 0.25) is 0 Å². The summed E-state index contributed by atoms with van der Waals surface area (Å²) in [6.07, 6.45) is 0.958. The van der Waals surface area contributed by atoms with E-state index in [1.165, 1.54) is 11.4 Å². The lowest BCUT2D eigenvalue weighted by atomic mass is 10.1. The number of guanidine groups is 1. The molecule has 1 saturated heterocycles. The fourth-order valence-electron chi connectivity index (χ4n) is 2.43. The fourth-order valence-corrected chi connectivity index (χ4v) is 4.37. The molecule has 1 N–H and O–H groups in total. The van der Waals surface area contributed by atoms with Crippen LogP contribution in [0, 0.1) is 12.8 Å². The second kappa shape index (κ2) is 9.97. The molecule has 1 atom stereocenters. The summed E-state index contributed by atoms with van der Waals surface area (Å²) in [5.41, 5.74) is 1.18. The van der Waals surface area contributed by atoms with Gasteiger partial charge < -0.3 is 10.2 Å². The minimum Gasteiger partial charge on any atom is -0.356 e. The van der Waals surface area contributed by atoms with Gasteiger partial charge in [-0.3, -0.25) is 4.99 Å². The molecule has 1 aliphatic heterocycles. The van der Waals surface area contributed by atoms with E-state index >= 15 is 0 Å². The van der Waals surface area contributed by atoms with Crippen molar-refractivity contribution in [1.82, 2.24) is 15.2 Å². The molecule has 2 heterocycles. The van der Waals surface area contributed by atoms with Crippen molar-refractivity contribution in [3.8, 4) is 0 Å². The Labute approximate surface area is 159 Å². The van der Waals surface area contributed by atoms with Crippen LogP contribution in [-0.4, -0.2) is 53.5 Å². The Kier molecular flexibility index (Phi) is 9.08. The molecule has 0 aliphatic carbocycles. The van der Waals surface area contributed by atoms with Gasteiger partial charge in [0.05, 0.1) is 10.7 Å². The Balaban J connectivity index is 0.00000242. The summed E-state index contributed by atoms with van der Waals surface area (Å²) in [4.78, 5) is 11.3. The van der Waals surface area contributed by atoms with E-state index in [1.807, 2.05) is 7.05 Å². The van der Waals surface area contributed by atoms with Crippen LogP contribution in [0.3, 0.4) is 0 Å². The Morgan fingerprint density at radius 2 is 2.32 bits per heavy atom. The maximum Gasteiger partial charge on any atom is 0.193 e. The van der Waals surface area contributed by atoms with Crippen LogP contribution in [0.1, 0.15) is 24.5 Å². The molecule has 0 spiro atoms. The highest BCUT2D eigenvalue weighted by Crippen LogP contribution is 2.24. The van der Waals surface area contributed by atoms with E-state index in [4.69, 9.17) is 0 Å². The molecule has 1 fully saturated rings. The molecule has 126 valence electrons. The Bertz CT molecular complexity index is 476. The molecule has 4 nitrogen and oxygen atoms in total. The van der Waals surface area contributed by atoms with Gasteiger partial charge in [0.15, 0.2) is 5.96 Å². The van der Waals surface area contributed by atoms with Gasteiger partial charge in [0.1, 0.15) is 0 Å². The van der Waals surface area contributed by atoms with Crippen molar-refractivity contribution in [2.24, 2.45) is 10.9 Å². The summed E-state index contributed by atoms with van der Waals surface area (Å²) in [5.74, 6) is 2.94. The number of aromatic nitrogens is 1. The van der Waals surface area contributed by atoms with E-state index < -0.39 is 0 Å². The second-order valence-corrected chi connectivity index (χ2v) is 8.09. The molecule has 2 rings (SSSR count). The lowest BCUT2D eigenvalue weighted by Crippen LogP contribution is -2.49. The van der Waals surface area contributed by atoms with Crippen LogP contribution in [0.5, 0.6) is 0 Å². The Morgan fingerprint density at radius 3 is 2.91 bits per heavy atom. The molecule has 1 unspecified atom stereocenters. The number of hydrogen-bond acceptors (Lipinski definition) is 4. The van der Waals surface area contributed by atoms with E-state index in [2.05, 4.69) is 58.1 Å². The predicted octanol–water partition coefficient (Wildman–Crippen LogP) is 3.26. The standard InChI is InChI=1S/C15H26N4S2.HI/c1-11(2)14-9-19(7-8-20-14)15(16-4)17-6-5-13-10-21-12(3)18-13;/h10-11,14H,5-9H2,1-4H3,(H,16,17);1H. The number of halogens is 1. The number of aryl methyl sites for hydroxylation is 1. The van der Waals surface area contributed by atoms with E-state index in [0.29, 0.717) is 11.2 Å². The summed E-state index contributed by atoms with van der Waals surface area (Å²) in [6, 6.07) is 0. The first-order chi connectivity index (χ1) is 10.1. The third-order valence-electron chi connectivity index (χ3n) is 3.68. The number of hydrogen-bond donors (Lipinski definition) is 1. The van der Waals surface area contributed by atoms with Gasteiger partial charge >= 0.3 is 0 Å². The van der Waals surface area contributed by atoms with Crippen molar-refractivity contribution in [2.45, 2.75) is 32.4 Å². The normalized spacial score (nSPS) is 19.2. The van der Waals surface area contributed by atoms with Crippen molar-refractivity contribution < 1.29 is 0 Å². The lowest BCUT2D eigenvalue weighted by molar-refractivity contribution is 0.381. The third-order valence-corrected chi connectivity index (χ3v) is 6.04. The molecular formula is C15H27IN4S2. The first-order valence-corrected chi connectivity index (χ1v) is 9.51. The lowest BCUT2D eigenvalue weighted by Gasteiger charge is -2.36. The second-order valence-electron chi connectivity index (χ2n) is 5.68. The van der Waals surface area contributed by atoms with Crippen molar-refractivity contribution in [2.75, 3.05) is 32.4 Å². The van der Waals surface area contributed by atoms with Gasteiger partial charge in [0.25, 0.3) is 0 Å². The first kappa shape index (κ1) is 20.0. The number of thioether (sulfide) groups is 1. The molecule has 0 amide bonds. The van der Waals surface area contributed by atoms with Crippen molar-refractivity contribution in [1.29, 1.82) is 0 Å². The van der Waals surface area contributed by atoms with Crippen LogP contribution >= 0.6 is 47.1 Å². The molecule has 1 aliphatic rings. The van der Waals surface area contributed by atoms with Crippen molar-refractivity contribution in [3.05, 3.63) is 16.1 Å². The summed E-state index contributed by atoms with van der Waals surface area (Å²) < 4.78 is 0. The summed E-state index contributed by atoms with van der Waals surface area (Å²) in [6.45, 7) is 9.74. The molecule has 22 heavy (non-hydrogen) atoms. The summed E-state index contributed by atoms with van der Waals surface area (Å²) in [5, 5.41) is 7.48. The minimum atomic E-state index is 0. The molecule has 0 bridgehead atoms. The molecule has 7 heteroatoms. The monoisotopic (exact) mass is 454 g/mol. The van der Waals surface area contributed by atoms with Crippen LogP contribution in [0.25, 0.3) is 0 Å². The summed E-state index contributed by atoms with van der Waals surface area (Å²) >= 11 is 3.81. The molecule has 0 radical (unpaired) electrons. The smallest absolute Gasteiger partial charge is 0.193 e. The van der Waals surface area contributed by atoms with Crippen LogP contribution in [0.4, 0.5) is 0 Å². The number of thiazole rings is 1. The fraction of sp³-hybridized carbons (Fsp3) is 0.733. The highest BCUT2D eigenvalue weighted by Gasteiger charge is 2.24. The maximum absolute atomic E-state index is 4.50. The van der Waals surface area contributed by atoms with E-state index in [-0.39, 0.29) is 24.0 Å². The van der Waals surface area contributed by atoms with E-state index in [0.717, 1.165) is 37.0 Å². The highest BCUT2D eigenvalue weighted by atomic mass is 127. The molecule has 1 aromatic rings. The minimum absolute atomic E-state index is 0. The van der Waals surface area contributed by atoms with Crippen LogP contribution < -0.4 is 5.32 Å².